The summed E-state index contributed by atoms with van der Waals surface area (Å²) in [6.45, 7) is 28.3. The molecule has 386 valence electrons. The molecule has 0 amide bonds. The number of hydrogen-bond donors (Lipinski definition) is 0. The molecular weight excluding hydrogens is 952 g/mol. The van der Waals surface area contributed by atoms with Crippen LogP contribution in [0.4, 0.5) is 34.1 Å². The Labute approximate surface area is 467 Å². The summed E-state index contributed by atoms with van der Waals surface area (Å²) in [6, 6.07) is 78.2. The molecule has 0 N–H and O–H groups in total. The molecule has 2 aliphatic heterocycles. The Morgan fingerprint density at radius 2 is 0.608 bits per heavy atom. The SMILES string of the molecule is CC(C)(C)c1cc(N2c3cc4cc5ccccc5cc4cc3B3c4cc5cc6ccccc6cc5cc4N(c4cc(C(C)(C)C)cc(C(C)(C)C)c4)c4cc(-c5cccc6cc7ccccc7cc56)cc2c43)cc(C(C)(C)C)c1. The first-order valence-electron chi connectivity index (χ1n) is 28.6. The topological polar surface area (TPSA) is 6.48 Å². The van der Waals surface area contributed by atoms with Gasteiger partial charge in [0.05, 0.1) is 0 Å². The van der Waals surface area contributed by atoms with Gasteiger partial charge in [-0.15, -0.1) is 0 Å². The fourth-order valence-corrected chi connectivity index (χ4v) is 13.0. The van der Waals surface area contributed by atoms with E-state index in [9.17, 15) is 0 Å². The Kier molecular flexibility index (Phi) is 10.7. The van der Waals surface area contributed by atoms with Crippen LogP contribution < -0.4 is 26.2 Å². The summed E-state index contributed by atoms with van der Waals surface area (Å²) in [5.74, 6) is 0. The van der Waals surface area contributed by atoms with Crippen molar-refractivity contribution in [2.24, 2.45) is 0 Å². The minimum absolute atomic E-state index is 0.0967. The first-order chi connectivity index (χ1) is 37.6. The van der Waals surface area contributed by atoms with Crippen molar-refractivity contribution in [3.8, 4) is 11.1 Å². The molecule has 79 heavy (non-hydrogen) atoms. The predicted octanol–water partition coefficient (Wildman–Crippen LogP) is 19.5. The summed E-state index contributed by atoms with van der Waals surface area (Å²) in [4.78, 5) is 5.36. The van der Waals surface area contributed by atoms with Crippen LogP contribution in [0, 0.1) is 0 Å². The molecule has 0 spiro atoms. The smallest absolute Gasteiger partial charge is 0.252 e. The normalized spacial score (nSPS) is 13.7. The van der Waals surface area contributed by atoms with Crippen molar-refractivity contribution >= 4 is 122 Å². The zero-order valence-corrected chi connectivity index (χ0v) is 48.0. The van der Waals surface area contributed by atoms with E-state index in [4.69, 9.17) is 0 Å². The maximum atomic E-state index is 2.68. The van der Waals surface area contributed by atoms with Crippen molar-refractivity contribution < 1.29 is 0 Å². The van der Waals surface area contributed by atoms with E-state index in [0.717, 1.165) is 0 Å². The molecule has 2 heterocycles. The molecule has 0 atom stereocenters. The molecule has 0 bridgehead atoms. The fraction of sp³-hybridized carbons (Fsp3) is 0.211. The van der Waals surface area contributed by atoms with E-state index >= 15 is 0 Å². The van der Waals surface area contributed by atoms with Crippen LogP contribution in [0.5, 0.6) is 0 Å². The van der Waals surface area contributed by atoms with E-state index in [1.807, 2.05) is 0 Å². The van der Waals surface area contributed by atoms with E-state index in [1.165, 1.54) is 149 Å². The van der Waals surface area contributed by atoms with Gasteiger partial charge in [0.2, 0.25) is 0 Å². The van der Waals surface area contributed by atoms with Crippen LogP contribution in [0.15, 0.2) is 200 Å². The summed E-state index contributed by atoms with van der Waals surface area (Å²) in [5, 5.41) is 15.0. The van der Waals surface area contributed by atoms with E-state index < -0.39 is 0 Å². The van der Waals surface area contributed by atoms with Crippen LogP contribution in [0.25, 0.3) is 75.8 Å². The average molecular weight is 1020 g/mol. The number of fused-ring (bicyclic) bond motifs is 10. The maximum Gasteiger partial charge on any atom is 0.252 e. The Balaban J connectivity index is 1.18. The summed E-state index contributed by atoms with van der Waals surface area (Å²) >= 11 is 0. The Morgan fingerprint density at radius 3 is 0.975 bits per heavy atom. The Morgan fingerprint density at radius 1 is 0.278 bits per heavy atom. The van der Waals surface area contributed by atoms with E-state index in [2.05, 4.69) is 293 Å². The fourth-order valence-electron chi connectivity index (χ4n) is 13.0. The van der Waals surface area contributed by atoms with Crippen molar-refractivity contribution in [2.45, 2.75) is 105 Å². The van der Waals surface area contributed by atoms with Crippen LogP contribution in [-0.4, -0.2) is 6.71 Å². The van der Waals surface area contributed by atoms with Gasteiger partial charge < -0.3 is 9.80 Å². The van der Waals surface area contributed by atoms with Gasteiger partial charge in [-0.1, -0.05) is 198 Å². The summed E-state index contributed by atoms with van der Waals surface area (Å²) in [6.07, 6.45) is 0. The molecule has 0 unspecified atom stereocenters. The first-order valence-corrected chi connectivity index (χ1v) is 28.6. The number of benzene rings is 12. The van der Waals surface area contributed by atoms with Gasteiger partial charge in [-0.2, -0.15) is 0 Å². The lowest BCUT2D eigenvalue weighted by atomic mass is 9.33. The number of rotatable bonds is 3. The highest BCUT2D eigenvalue weighted by atomic mass is 15.2. The lowest BCUT2D eigenvalue weighted by Gasteiger charge is -2.45. The standard InChI is InChI=1S/C76H69BN2/c1-73(2,3)58-40-59(74(4,5)6)43-62(42-58)78-68-36-55-31-49-23-15-13-21-47(49)29-53(55)34-66(68)77-67-35-54-30-48-22-14-16-24-50(48)32-56(54)37-69(67)79(63-44-60(75(7,8)9)41-61(45-63)76(10,11)12)71-39-57(38-70(78)72(71)77)64-27-19-26-52-28-46-20-17-18-25-51(46)33-65(52)64/h13-45H,1-12H3. The lowest BCUT2D eigenvalue weighted by Crippen LogP contribution is -2.61. The van der Waals surface area contributed by atoms with Gasteiger partial charge in [-0.25, -0.2) is 0 Å². The van der Waals surface area contributed by atoms with Gasteiger partial charge in [-0.3, -0.25) is 0 Å². The molecule has 0 radical (unpaired) electrons. The van der Waals surface area contributed by atoms with E-state index in [0.29, 0.717) is 0 Å². The summed E-state index contributed by atoms with van der Waals surface area (Å²) in [7, 11) is 0. The van der Waals surface area contributed by atoms with E-state index in [1.54, 1.807) is 0 Å². The zero-order valence-electron chi connectivity index (χ0n) is 48.0. The van der Waals surface area contributed by atoms with Gasteiger partial charge >= 0.3 is 0 Å². The third kappa shape index (κ3) is 8.14. The van der Waals surface area contributed by atoms with Crippen molar-refractivity contribution in [2.75, 3.05) is 9.80 Å². The van der Waals surface area contributed by atoms with Crippen LogP contribution in [0.1, 0.15) is 105 Å². The third-order valence-electron chi connectivity index (χ3n) is 17.6. The maximum absolute atomic E-state index is 2.68. The summed E-state index contributed by atoms with van der Waals surface area (Å²) < 4.78 is 0. The molecule has 0 aromatic heterocycles. The minimum atomic E-state index is -0.101. The van der Waals surface area contributed by atoms with Crippen molar-refractivity contribution in [3.63, 3.8) is 0 Å². The molecule has 12 aromatic carbocycles. The highest BCUT2D eigenvalue weighted by Gasteiger charge is 2.45. The highest BCUT2D eigenvalue weighted by Crippen LogP contribution is 2.50. The minimum Gasteiger partial charge on any atom is -0.311 e. The predicted molar refractivity (Wildman–Crippen MR) is 346 cm³/mol. The highest BCUT2D eigenvalue weighted by molar-refractivity contribution is 7.00. The van der Waals surface area contributed by atoms with Crippen molar-refractivity contribution in [1.82, 2.24) is 0 Å². The largest absolute Gasteiger partial charge is 0.311 e. The monoisotopic (exact) mass is 1020 g/mol. The van der Waals surface area contributed by atoms with Gasteiger partial charge in [-0.05, 0) is 221 Å². The molecule has 2 nitrogen and oxygen atoms in total. The number of nitrogens with zero attached hydrogens (tertiary/aromatic N) is 2. The van der Waals surface area contributed by atoms with Gasteiger partial charge in [0.1, 0.15) is 0 Å². The molecule has 2 aliphatic rings. The van der Waals surface area contributed by atoms with Gasteiger partial charge in [0, 0.05) is 34.1 Å². The number of anilines is 6. The molecule has 0 fully saturated rings. The Hall–Kier alpha value is -8.14. The van der Waals surface area contributed by atoms with Crippen LogP contribution in [0.3, 0.4) is 0 Å². The average Bonchev–Trinajstić information content (AvgIpc) is 3.18. The zero-order chi connectivity index (χ0) is 54.7. The quantitative estimate of drug-likeness (QED) is 0.129. The second-order valence-electron chi connectivity index (χ2n) is 27.2. The van der Waals surface area contributed by atoms with Gasteiger partial charge in [0.25, 0.3) is 6.71 Å². The van der Waals surface area contributed by atoms with Crippen LogP contribution >= 0.6 is 0 Å². The van der Waals surface area contributed by atoms with Crippen LogP contribution in [-0.2, 0) is 21.7 Å². The van der Waals surface area contributed by atoms with Gasteiger partial charge in [0.15, 0.2) is 0 Å². The van der Waals surface area contributed by atoms with E-state index in [-0.39, 0.29) is 28.4 Å². The lowest BCUT2D eigenvalue weighted by molar-refractivity contribution is 0.568. The molecule has 14 rings (SSSR count). The molecule has 0 saturated carbocycles. The molecule has 0 saturated heterocycles. The van der Waals surface area contributed by atoms with Crippen LogP contribution in [0.2, 0.25) is 0 Å². The Bertz CT molecular complexity index is 4260. The summed E-state index contributed by atoms with van der Waals surface area (Å²) in [5.41, 5.74) is 18.5. The molecule has 12 aromatic rings. The number of hydrogen-bond acceptors (Lipinski definition) is 2. The third-order valence-corrected chi connectivity index (χ3v) is 17.6. The second kappa shape index (κ2) is 17.2. The molecule has 0 aliphatic carbocycles. The van der Waals surface area contributed by atoms with Crippen molar-refractivity contribution in [3.05, 3.63) is 222 Å². The second-order valence-corrected chi connectivity index (χ2v) is 27.2. The van der Waals surface area contributed by atoms with Crippen molar-refractivity contribution in [1.29, 1.82) is 0 Å². The first kappa shape index (κ1) is 49.2. The molecule has 3 heteroatoms. The molecular formula is C76H69BN2.